The van der Waals surface area contributed by atoms with E-state index in [-0.39, 0.29) is 0 Å². The molecular weight excluding hydrogens is 450 g/mol. The lowest BCUT2D eigenvalue weighted by atomic mass is 10.1. The number of carbonyl (C=O) groups is 1. The average Bonchev–Trinajstić information content (AvgIpc) is 3.08. The Kier molecular flexibility index (Phi) is 4.90. The molecule has 0 unspecified atom stereocenters. The summed E-state index contributed by atoms with van der Waals surface area (Å²) in [7, 11) is -9.87. The molecule has 158 valence electrons. The van der Waals surface area contributed by atoms with Crippen molar-refractivity contribution in [2.75, 3.05) is 0 Å². The SMILES string of the molecule is O=C(O)c1nc(/N=N/c2c(S(=O)(=O)O)cc3cc(S(=O)(=O)O)cc(O)c3c2O)n[nH]1. The Bertz CT molecular complexity index is 1440. The van der Waals surface area contributed by atoms with Crippen molar-refractivity contribution in [3.8, 4) is 11.5 Å². The zero-order valence-corrected chi connectivity index (χ0v) is 15.7. The molecule has 17 heteroatoms. The van der Waals surface area contributed by atoms with E-state index in [1.807, 2.05) is 5.10 Å². The van der Waals surface area contributed by atoms with Gasteiger partial charge in [0.2, 0.25) is 5.82 Å². The molecule has 0 bridgehead atoms. The maximum Gasteiger partial charge on any atom is 0.373 e. The van der Waals surface area contributed by atoms with Gasteiger partial charge in [-0.1, -0.05) is 0 Å². The zero-order valence-electron chi connectivity index (χ0n) is 14.1. The van der Waals surface area contributed by atoms with Gasteiger partial charge >= 0.3 is 5.97 Å². The van der Waals surface area contributed by atoms with Crippen molar-refractivity contribution in [2.45, 2.75) is 9.79 Å². The van der Waals surface area contributed by atoms with Crippen molar-refractivity contribution in [3.05, 3.63) is 24.0 Å². The first-order valence-corrected chi connectivity index (χ1v) is 10.2. The van der Waals surface area contributed by atoms with Gasteiger partial charge in [0.15, 0.2) is 5.75 Å². The smallest absolute Gasteiger partial charge is 0.373 e. The number of aromatic nitrogens is 3. The lowest BCUT2D eigenvalue weighted by molar-refractivity contribution is 0.0684. The summed E-state index contributed by atoms with van der Waals surface area (Å²) in [4.78, 5) is 12.3. The number of nitrogens with zero attached hydrogens (tertiary/aromatic N) is 4. The number of aromatic hydroxyl groups is 2. The van der Waals surface area contributed by atoms with Crippen molar-refractivity contribution in [1.82, 2.24) is 15.2 Å². The second-order valence-corrected chi connectivity index (χ2v) is 8.36. The third-order valence-corrected chi connectivity index (χ3v) is 5.29. The summed E-state index contributed by atoms with van der Waals surface area (Å²) in [5.41, 5.74) is -0.887. The van der Waals surface area contributed by atoms with Crippen LogP contribution in [0.4, 0.5) is 11.6 Å². The molecule has 0 aliphatic rings. The van der Waals surface area contributed by atoms with Gasteiger partial charge in [0, 0.05) is 6.07 Å². The summed E-state index contributed by atoms with van der Waals surface area (Å²) < 4.78 is 64.6. The molecule has 3 aromatic rings. The number of nitrogens with one attached hydrogen (secondary N) is 1. The van der Waals surface area contributed by atoms with Gasteiger partial charge in [0.05, 0.1) is 10.3 Å². The fraction of sp³-hybridized carbons (Fsp3) is 0. The Hall–Kier alpha value is -3.67. The predicted octanol–water partition coefficient (Wildman–Crippen LogP) is 0.976. The van der Waals surface area contributed by atoms with Crippen molar-refractivity contribution >= 4 is 48.6 Å². The van der Waals surface area contributed by atoms with E-state index >= 15 is 0 Å². The third-order valence-electron chi connectivity index (χ3n) is 3.59. The van der Waals surface area contributed by atoms with Crippen LogP contribution in [0.5, 0.6) is 11.5 Å². The van der Waals surface area contributed by atoms with Gasteiger partial charge in [-0.05, 0) is 17.5 Å². The molecule has 15 nitrogen and oxygen atoms in total. The number of fused-ring (bicyclic) bond motifs is 1. The molecule has 0 aliphatic heterocycles. The molecule has 1 aromatic heterocycles. The fourth-order valence-electron chi connectivity index (χ4n) is 2.37. The number of phenols is 2. The molecule has 0 saturated heterocycles. The third kappa shape index (κ3) is 3.89. The van der Waals surface area contributed by atoms with Crippen molar-refractivity contribution in [3.63, 3.8) is 0 Å². The van der Waals surface area contributed by atoms with Gasteiger partial charge in [-0.15, -0.1) is 15.3 Å². The maximum absolute atomic E-state index is 11.7. The number of aromatic amines is 1. The Morgan fingerprint density at radius 1 is 1.00 bits per heavy atom. The summed E-state index contributed by atoms with van der Waals surface area (Å²) in [5, 5.41) is 40.5. The van der Waals surface area contributed by atoms with Gasteiger partial charge < -0.3 is 15.3 Å². The van der Waals surface area contributed by atoms with Crippen LogP contribution in [0.3, 0.4) is 0 Å². The molecule has 0 atom stereocenters. The molecule has 0 amide bonds. The van der Waals surface area contributed by atoms with Gasteiger partial charge in [-0.3, -0.25) is 14.2 Å². The summed E-state index contributed by atoms with van der Waals surface area (Å²) in [6.45, 7) is 0. The molecule has 0 radical (unpaired) electrons. The number of hydrogen-bond donors (Lipinski definition) is 6. The van der Waals surface area contributed by atoms with Crippen LogP contribution >= 0.6 is 0 Å². The lowest BCUT2D eigenvalue weighted by Crippen LogP contribution is -2.01. The van der Waals surface area contributed by atoms with E-state index in [1.165, 1.54) is 0 Å². The quantitative estimate of drug-likeness (QED) is 0.230. The molecule has 0 saturated carbocycles. The highest BCUT2D eigenvalue weighted by atomic mass is 32.2. The number of phenolic OH excluding ortho intramolecular Hbond substituents is 2. The highest BCUT2D eigenvalue weighted by molar-refractivity contribution is 7.86. The summed E-state index contributed by atoms with van der Waals surface area (Å²) in [6, 6.07) is 1.97. The molecule has 0 fully saturated rings. The number of carboxylic acids is 1. The van der Waals surface area contributed by atoms with Crippen molar-refractivity contribution in [2.24, 2.45) is 10.2 Å². The van der Waals surface area contributed by atoms with E-state index in [9.17, 15) is 36.4 Å². The highest BCUT2D eigenvalue weighted by Gasteiger charge is 2.25. The maximum atomic E-state index is 11.7. The molecule has 6 N–H and O–H groups in total. The molecule has 0 spiro atoms. The van der Waals surface area contributed by atoms with E-state index < -0.39 is 75.7 Å². The molecule has 0 aliphatic carbocycles. The van der Waals surface area contributed by atoms with Crippen LogP contribution in [-0.4, -0.2) is 62.4 Å². The summed E-state index contributed by atoms with van der Waals surface area (Å²) in [5.74, 6) is -4.56. The number of hydrogen-bond acceptors (Lipinski definition) is 11. The Morgan fingerprint density at radius 3 is 2.20 bits per heavy atom. The first-order chi connectivity index (χ1) is 13.8. The van der Waals surface area contributed by atoms with Crippen molar-refractivity contribution in [1.29, 1.82) is 0 Å². The Labute approximate surface area is 165 Å². The summed E-state index contributed by atoms with van der Waals surface area (Å²) in [6.07, 6.45) is 0. The van der Waals surface area contributed by atoms with Gasteiger partial charge in [0.1, 0.15) is 16.3 Å². The minimum atomic E-state index is -5.07. The summed E-state index contributed by atoms with van der Waals surface area (Å²) >= 11 is 0. The largest absolute Gasteiger partial charge is 0.507 e. The van der Waals surface area contributed by atoms with E-state index in [0.29, 0.717) is 12.1 Å². The first-order valence-electron chi connectivity index (χ1n) is 7.34. The second-order valence-electron chi connectivity index (χ2n) is 5.55. The minimum Gasteiger partial charge on any atom is -0.507 e. The van der Waals surface area contributed by atoms with Crippen LogP contribution in [-0.2, 0) is 20.2 Å². The predicted molar refractivity (Wildman–Crippen MR) is 94.4 cm³/mol. The number of aromatic carboxylic acids is 1. The number of carboxylic acid groups (broad SMARTS) is 1. The zero-order chi connectivity index (χ0) is 22.4. The van der Waals surface area contributed by atoms with Crippen LogP contribution in [0, 0.1) is 0 Å². The monoisotopic (exact) mass is 459 g/mol. The lowest BCUT2D eigenvalue weighted by Gasteiger charge is -2.11. The standard InChI is InChI=1S/C13H9N5O10S2/c19-6-3-5(29(23,24)25)1-4-2-7(30(26,27)28)9(10(20)8(4)6)15-17-13-14-11(12(21)22)16-18-13/h1-3,19-20H,(H,21,22)(H,14,16,18)(H,23,24,25)(H,26,27,28)/b17-15+. The normalized spacial score (nSPS) is 12.6. The van der Waals surface area contributed by atoms with Gasteiger partial charge in [-0.25, -0.2) is 4.79 Å². The van der Waals surface area contributed by atoms with Crippen LogP contribution in [0.15, 0.2) is 38.2 Å². The number of rotatable bonds is 5. The number of benzene rings is 2. The van der Waals surface area contributed by atoms with E-state index in [1.54, 1.807) is 0 Å². The molecule has 3 rings (SSSR count). The van der Waals surface area contributed by atoms with E-state index in [0.717, 1.165) is 6.07 Å². The van der Waals surface area contributed by atoms with E-state index in [4.69, 9.17) is 9.66 Å². The van der Waals surface area contributed by atoms with Crippen LogP contribution in [0.25, 0.3) is 10.8 Å². The average molecular weight is 459 g/mol. The highest BCUT2D eigenvalue weighted by Crippen LogP contribution is 2.45. The van der Waals surface area contributed by atoms with Crippen LogP contribution in [0.2, 0.25) is 0 Å². The fourth-order valence-corrected chi connectivity index (χ4v) is 3.56. The Morgan fingerprint density at radius 2 is 1.67 bits per heavy atom. The van der Waals surface area contributed by atoms with E-state index in [2.05, 4.69) is 20.3 Å². The molecule has 2 aromatic carbocycles. The second kappa shape index (κ2) is 6.99. The van der Waals surface area contributed by atoms with Crippen LogP contribution < -0.4 is 0 Å². The van der Waals surface area contributed by atoms with Gasteiger partial charge in [0.25, 0.3) is 26.2 Å². The minimum absolute atomic E-state index is 0.391. The molecular formula is C13H9N5O10S2. The Balaban J connectivity index is 2.29. The molecule has 30 heavy (non-hydrogen) atoms. The van der Waals surface area contributed by atoms with Crippen LogP contribution in [0.1, 0.15) is 10.6 Å². The number of azo groups is 1. The topological polar surface area (TPSA) is 253 Å². The van der Waals surface area contributed by atoms with Crippen molar-refractivity contribution < 1.29 is 46.1 Å². The molecule has 1 heterocycles. The van der Waals surface area contributed by atoms with Gasteiger partial charge in [-0.2, -0.15) is 21.8 Å². The first kappa shape index (κ1) is 21.0. The number of H-pyrrole nitrogens is 1.